The second-order valence-electron chi connectivity index (χ2n) is 2.09. The number of methoxy groups -OCH3 is 1. The molecule has 1 atom stereocenters. The van der Waals surface area contributed by atoms with Crippen molar-refractivity contribution in [2.45, 2.75) is 5.25 Å². The fraction of sp³-hybridized carbons (Fsp3) is 0.833. The van der Waals surface area contributed by atoms with Crippen LogP contribution in [-0.4, -0.2) is 37.2 Å². The van der Waals surface area contributed by atoms with Gasteiger partial charge in [-0.1, -0.05) is 0 Å². The van der Waals surface area contributed by atoms with Gasteiger partial charge in [-0.2, -0.15) is 0 Å². The number of hydrogen-bond donors (Lipinski definition) is 1. The largest absolute Gasteiger partial charge is 0.468 e. The maximum absolute atomic E-state index is 10.9. The highest BCUT2D eigenvalue weighted by Gasteiger charge is 2.21. The summed E-state index contributed by atoms with van der Waals surface area (Å²) in [5, 5.41) is 3.14. The van der Waals surface area contributed by atoms with Crippen LogP contribution in [0.15, 0.2) is 0 Å². The molecule has 0 bridgehead atoms. The Bertz CT molecular complexity index is 123. The third-order valence-corrected chi connectivity index (χ3v) is 2.59. The van der Waals surface area contributed by atoms with Gasteiger partial charge in [0, 0.05) is 18.8 Å². The standard InChI is InChI=1S/C6H11NO2S/c1-9-6(8)5-4-7-2-3-10-5/h5,7H,2-4H2,1H3. The van der Waals surface area contributed by atoms with Gasteiger partial charge in [0.25, 0.3) is 0 Å². The molecule has 1 unspecified atom stereocenters. The summed E-state index contributed by atoms with van der Waals surface area (Å²) in [6, 6.07) is 0. The highest BCUT2D eigenvalue weighted by molar-refractivity contribution is 8.00. The molecule has 0 amide bonds. The molecule has 0 spiro atoms. The van der Waals surface area contributed by atoms with Crippen molar-refractivity contribution < 1.29 is 9.53 Å². The van der Waals surface area contributed by atoms with E-state index in [-0.39, 0.29) is 11.2 Å². The van der Waals surface area contributed by atoms with Gasteiger partial charge in [-0.25, -0.2) is 0 Å². The number of nitrogens with one attached hydrogen (secondary N) is 1. The molecular weight excluding hydrogens is 150 g/mol. The van der Waals surface area contributed by atoms with Crippen molar-refractivity contribution in [3.63, 3.8) is 0 Å². The van der Waals surface area contributed by atoms with Crippen LogP contribution in [0.4, 0.5) is 0 Å². The molecule has 1 fully saturated rings. The Labute approximate surface area is 64.5 Å². The van der Waals surface area contributed by atoms with Crippen molar-refractivity contribution in [2.24, 2.45) is 0 Å². The van der Waals surface area contributed by atoms with E-state index in [0.717, 1.165) is 18.8 Å². The number of thioether (sulfide) groups is 1. The Balaban J connectivity index is 2.31. The minimum absolute atomic E-state index is 0.0127. The van der Waals surface area contributed by atoms with Crippen molar-refractivity contribution in [3.05, 3.63) is 0 Å². The lowest BCUT2D eigenvalue weighted by atomic mass is 10.4. The van der Waals surface area contributed by atoms with E-state index in [2.05, 4.69) is 10.1 Å². The maximum atomic E-state index is 10.9. The molecule has 0 saturated carbocycles. The molecule has 1 saturated heterocycles. The normalized spacial score (nSPS) is 25.9. The summed E-state index contributed by atoms with van der Waals surface area (Å²) >= 11 is 1.66. The Hall–Kier alpha value is -0.220. The highest BCUT2D eigenvalue weighted by atomic mass is 32.2. The first kappa shape index (κ1) is 7.88. The van der Waals surface area contributed by atoms with Gasteiger partial charge in [-0.3, -0.25) is 4.79 Å². The molecule has 0 aromatic carbocycles. The Morgan fingerprint density at radius 1 is 1.80 bits per heavy atom. The predicted octanol–water partition coefficient (Wildman–Crippen LogP) is -0.136. The minimum Gasteiger partial charge on any atom is -0.468 e. The minimum atomic E-state index is -0.114. The number of ether oxygens (including phenoxy) is 1. The van der Waals surface area contributed by atoms with Crippen molar-refractivity contribution in [1.29, 1.82) is 0 Å². The van der Waals surface area contributed by atoms with Crippen molar-refractivity contribution in [3.8, 4) is 0 Å². The topological polar surface area (TPSA) is 38.3 Å². The molecule has 0 aromatic rings. The third kappa shape index (κ3) is 1.88. The number of carbonyl (C=O) groups is 1. The van der Waals surface area contributed by atoms with Crippen LogP contribution in [0.5, 0.6) is 0 Å². The van der Waals surface area contributed by atoms with Crippen LogP contribution >= 0.6 is 11.8 Å². The number of rotatable bonds is 1. The van der Waals surface area contributed by atoms with Gasteiger partial charge in [0.05, 0.1) is 7.11 Å². The Kier molecular flexibility index (Phi) is 3.02. The molecule has 1 aliphatic heterocycles. The summed E-state index contributed by atoms with van der Waals surface area (Å²) in [6.45, 7) is 1.75. The van der Waals surface area contributed by atoms with Gasteiger partial charge >= 0.3 is 5.97 Å². The van der Waals surface area contributed by atoms with E-state index in [1.54, 1.807) is 11.8 Å². The van der Waals surface area contributed by atoms with Gasteiger partial charge in [0.1, 0.15) is 5.25 Å². The first-order valence-corrected chi connectivity index (χ1v) is 4.29. The molecule has 1 rings (SSSR count). The van der Waals surface area contributed by atoms with Crippen LogP contribution in [0.3, 0.4) is 0 Å². The van der Waals surface area contributed by atoms with E-state index in [9.17, 15) is 4.79 Å². The first-order valence-electron chi connectivity index (χ1n) is 3.24. The smallest absolute Gasteiger partial charge is 0.320 e. The van der Waals surface area contributed by atoms with Gasteiger partial charge < -0.3 is 10.1 Å². The van der Waals surface area contributed by atoms with Crippen LogP contribution < -0.4 is 5.32 Å². The van der Waals surface area contributed by atoms with E-state index in [1.165, 1.54) is 7.11 Å². The lowest BCUT2D eigenvalue weighted by molar-refractivity contribution is -0.139. The van der Waals surface area contributed by atoms with E-state index < -0.39 is 0 Å². The van der Waals surface area contributed by atoms with Gasteiger partial charge in [0.15, 0.2) is 0 Å². The molecule has 0 aromatic heterocycles. The van der Waals surface area contributed by atoms with Crippen molar-refractivity contribution >= 4 is 17.7 Å². The van der Waals surface area contributed by atoms with Crippen LogP contribution in [0.25, 0.3) is 0 Å². The Morgan fingerprint density at radius 3 is 3.10 bits per heavy atom. The Morgan fingerprint density at radius 2 is 2.60 bits per heavy atom. The summed E-state index contributed by atoms with van der Waals surface area (Å²) in [5.41, 5.74) is 0. The number of carbonyl (C=O) groups excluding carboxylic acids is 1. The van der Waals surface area contributed by atoms with Crippen molar-refractivity contribution in [1.82, 2.24) is 5.32 Å². The summed E-state index contributed by atoms with van der Waals surface area (Å²) in [5.74, 6) is 0.886. The van der Waals surface area contributed by atoms with E-state index in [4.69, 9.17) is 0 Å². The monoisotopic (exact) mass is 161 g/mol. The summed E-state index contributed by atoms with van der Waals surface area (Å²) in [4.78, 5) is 10.9. The van der Waals surface area contributed by atoms with E-state index in [0.29, 0.717) is 0 Å². The molecule has 3 nitrogen and oxygen atoms in total. The zero-order valence-corrected chi connectivity index (χ0v) is 6.74. The number of esters is 1. The van der Waals surface area contributed by atoms with Crippen LogP contribution in [0, 0.1) is 0 Å². The molecule has 1 aliphatic rings. The number of hydrogen-bond acceptors (Lipinski definition) is 4. The molecule has 0 aliphatic carbocycles. The quantitative estimate of drug-likeness (QED) is 0.543. The van der Waals surface area contributed by atoms with E-state index in [1.807, 2.05) is 0 Å². The summed E-state index contributed by atoms with van der Waals surface area (Å²) in [6.07, 6.45) is 0. The fourth-order valence-electron chi connectivity index (χ4n) is 0.848. The molecular formula is C6H11NO2S. The molecule has 4 heteroatoms. The first-order chi connectivity index (χ1) is 4.84. The zero-order chi connectivity index (χ0) is 7.40. The van der Waals surface area contributed by atoms with Crippen LogP contribution in [-0.2, 0) is 9.53 Å². The lowest BCUT2D eigenvalue weighted by Crippen LogP contribution is -2.37. The second-order valence-corrected chi connectivity index (χ2v) is 3.40. The maximum Gasteiger partial charge on any atom is 0.320 e. The molecule has 58 valence electrons. The molecule has 10 heavy (non-hydrogen) atoms. The molecule has 1 N–H and O–H groups in total. The lowest BCUT2D eigenvalue weighted by Gasteiger charge is -2.19. The van der Waals surface area contributed by atoms with Gasteiger partial charge in [0.2, 0.25) is 0 Å². The summed E-state index contributed by atoms with van der Waals surface area (Å²) < 4.78 is 4.59. The SMILES string of the molecule is COC(=O)C1CNCCS1. The fourth-order valence-corrected chi connectivity index (χ4v) is 1.86. The van der Waals surface area contributed by atoms with Gasteiger partial charge in [-0.05, 0) is 0 Å². The second kappa shape index (κ2) is 3.83. The average Bonchev–Trinajstić information content (AvgIpc) is 2.05. The van der Waals surface area contributed by atoms with Crippen LogP contribution in [0.2, 0.25) is 0 Å². The summed E-state index contributed by atoms with van der Waals surface area (Å²) in [7, 11) is 1.43. The predicted molar refractivity (Wildman–Crippen MR) is 41.1 cm³/mol. The third-order valence-electron chi connectivity index (χ3n) is 1.39. The van der Waals surface area contributed by atoms with Gasteiger partial charge in [-0.15, -0.1) is 11.8 Å². The highest BCUT2D eigenvalue weighted by Crippen LogP contribution is 2.13. The van der Waals surface area contributed by atoms with E-state index >= 15 is 0 Å². The zero-order valence-electron chi connectivity index (χ0n) is 5.92. The molecule has 0 radical (unpaired) electrons. The molecule has 1 heterocycles. The average molecular weight is 161 g/mol. The van der Waals surface area contributed by atoms with Crippen molar-refractivity contribution in [2.75, 3.05) is 26.0 Å². The van der Waals surface area contributed by atoms with Crippen LogP contribution in [0.1, 0.15) is 0 Å².